The number of hydrogen-bond donors (Lipinski definition) is 0. The number of furan rings is 1. The molecule has 3 aromatic rings. The van der Waals surface area contributed by atoms with Crippen LogP contribution in [-0.2, 0) is 32.6 Å². The standard InChI is InChI=1S/C29H35N3O7S/c1-23-5-8-26(9-6-23)40(34,35)32(12-3-11-30-13-16-36-17-14-30)21-29(33)31(20-25-4-2-15-37-25)19-24-7-10-27-28(18-24)39-22-38-27/h2,4-10,15,18H,3,11-14,16-17,19-22H2,1H3. The number of rotatable bonds is 12. The fourth-order valence-corrected chi connectivity index (χ4v) is 6.20. The van der Waals surface area contributed by atoms with Gasteiger partial charge in [0.1, 0.15) is 5.76 Å². The Hall–Kier alpha value is -3.38. The van der Waals surface area contributed by atoms with Crippen molar-refractivity contribution in [2.45, 2.75) is 31.3 Å². The van der Waals surface area contributed by atoms with Crippen LogP contribution >= 0.6 is 0 Å². The Morgan fingerprint density at radius 3 is 2.50 bits per heavy atom. The van der Waals surface area contributed by atoms with E-state index in [4.69, 9.17) is 18.6 Å². The number of morpholine rings is 1. The van der Waals surface area contributed by atoms with Crippen LogP contribution in [0.2, 0.25) is 0 Å². The van der Waals surface area contributed by atoms with Crippen molar-refractivity contribution in [2.24, 2.45) is 0 Å². The summed E-state index contributed by atoms with van der Waals surface area (Å²) in [5.74, 6) is 1.56. The lowest BCUT2D eigenvalue weighted by Gasteiger charge is -2.29. The first-order valence-electron chi connectivity index (χ1n) is 13.4. The molecule has 1 saturated heterocycles. The summed E-state index contributed by atoms with van der Waals surface area (Å²) >= 11 is 0. The molecule has 0 atom stereocenters. The van der Waals surface area contributed by atoms with Gasteiger partial charge in [0.15, 0.2) is 11.5 Å². The average molecular weight is 570 g/mol. The van der Waals surface area contributed by atoms with Crippen LogP contribution in [0.1, 0.15) is 23.3 Å². The molecule has 2 aliphatic heterocycles. The Morgan fingerprint density at radius 2 is 1.75 bits per heavy atom. The summed E-state index contributed by atoms with van der Waals surface area (Å²) in [6, 6.07) is 15.8. The summed E-state index contributed by atoms with van der Waals surface area (Å²) in [7, 11) is -3.91. The minimum Gasteiger partial charge on any atom is -0.467 e. The molecular weight excluding hydrogens is 534 g/mol. The minimum absolute atomic E-state index is 0.157. The van der Waals surface area contributed by atoms with Gasteiger partial charge in [0.05, 0.1) is 37.5 Å². The number of carbonyl (C=O) groups excluding carboxylic acids is 1. The Morgan fingerprint density at radius 1 is 0.975 bits per heavy atom. The van der Waals surface area contributed by atoms with Crippen molar-refractivity contribution in [3.05, 3.63) is 77.7 Å². The van der Waals surface area contributed by atoms with Crippen molar-refractivity contribution in [2.75, 3.05) is 52.7 Å². The van der Waals surface area contributed by atoms with Crippen LogP contribution in [0.15, 0.2) is 70.2 Å². The van der Waals surface area contributed by atoms with Gasteiger partial charge in [-0.2, -0.15) is 4.31 Å². The minimum atomic E-state index is -3.91. The SMILES string of the molecule is Cc1ccc(S(=O)(=O)N(CCCN2CCOCC2)CC(=O)N(Cc2ccc3c(c2)OCO3)Cc2ccco2)cc1. The van der Waals surface area contributed by atoms with E-state index < -0.39 is 10.0 Å². The normalized spacial score (nSPS) is 15.4. The largest absolute Gasteiger partial charge is 0.467 e. The second-order valence-electron chi connectivity index (χ2n) is 9.98. The summed E-state index contributed by atoms with van der Waals surface area (Å²) in [5, 5.41) is 0. The van der Waals surface area contributed by atoms with Gasteiger partial charge in [0.25, 0.3) is 0 Å². The molecule has 0 saturated carbocycles. The van der Waals surface area contributed by atoms with Gasteiger partial charge in [-0.05, 0) is 61.9 Å². The zero-order chi connectivity index (χ0) is 28.0. The molecule has 0 bridgehead atoms. The van der Waals surface area contributed by atoms with Crippen molar-refractivity contribution in [3.63, 3.8) is 0 Å². The van der Waals surface area contributed by atoms with Crippen molar-refractivity contribution < 1.29 is 31.8 Å². The molecule has 1 aromatic heterocycles. The smallest absolute Gasteiger partial charge is 0.243 e. The quantitative estimate of drug-likeness (QED) is 0.328. The van der Waals surface area contributed by atoms with Gasteiger partial charge in [0.2, 0.25) is 22.7 Å². The van der Waals surface area contributed by atoms with Crippen LogP contribution in [0.4, 0.5) is 0 Å². The molecule has 0 N–H and O–H groups in total. The molecule has 40 heavy (non-hydrogen) atoms. The molecule has 0 spiro atoms. The lowest BCUT2D eigenvalue weighted by Crippen LogP contribution is -2.44. The Kier molecular flexibility index (Phi) is 9.05. The maximum atomic E-state index is 13.8. The first-order valence-corrected chi connectivity index (χ1v) is 14.9. The Bertz CT molecular complexity index is 1370. The molecule has 1 fully saturated rings. The molecule has 11 heteroatoms. The highest BCUT2D eigenvalue weighted by Crippen LogP contribution is 2.33. The summed E-state index contributed by atoms with van der Waals surface area (Å²) in [5.41, 5.74) is 1.80. The second-order valence-corrected chi connectivity index (χ2v) is 11.9. The molecular formula is C29H35N3O7S. The van der Waals surface area contributed by atoms with Crippen LogP contribution in [0.5, 0.6) is 11.5 Å². The molecule has 0 aliphatic carbocycles. The lowest BCUT2D eigenvalue weighted by molar-refractivity contribution is -0.133. The summed E-state index contributed by atoms with van der Waals surface area (Å²) < 4.78 is 50.7. The zero-order valence-corrected chi connectivity index (χ0v) is 23.5. The van der Waals surface area contributed by atoms with Crippen molar-refractivity contribution >= 4 is 15.9 Å². The molecule has 0 unspecified atom stereocenters. The number of sulfonamides is 1. The van der Waals surface area contributed by atoms with Crippen molar-refractivity contribution in [1.82, 2.24) is 14.1 Å². The number of aryl methyl sites for hydroxylation is 1. The highest BCUT2D eigenvalue weighted by molar-refractivity contribution is 7.89. The second kappa shape index (κ2) is 12.9. The molecule has 10 nitrogen and oxygen atoms in total. The van der Waals surface area contributed by atoms with E-state index in [1.165, 1.54) is 4.31 Å². The Labute approximate surface area is 235 Å². The van der Waals surface area contributed by atoms with Crippen LogP contribution in [0, 0.1) is 6.92 Å². The number of nitrogens with zero attached hydrogens (tertiary/aromatic N) is 3. The first-order chi connectivity index (χ1) is 19.4. The van der Waals surface area contributed by atoms with E-state index >= 15 is 0 Å². The van der Waals surface area contributed by atoms with Crippen LogP contribution in [0.3, 0.4) is 0 Å². The van der Waals surface area contributed by atoms with E-state index in [1.54, 1.807) is 47.6 Å². The van der Waals surface area contributed by atoms with E-state index in [9.17, 15) is 13.2 Å². The maximum Gasteiger partial charge on any atom is 0.243 e. The van der Waals surface area contributed by atoms with E-state index in [0.717, 1.165) is 30.8 Å². The third-order valence-corrected chi connectivity index (χ3v) is 8.91. The highest BCUT2D eigenvalue weighted by atomic mass is 32.2. The summed E-state index contributed by atoms with van der Waals surface area (Å²) in [6.45, 7) is 6.15. The van der Waals surface area contributed by atoms with Gasteiger partial charge in [-0.3, -0.25) is 9.69 Å². The summed E-state index contributed by atoms with van der Waals surface area (Å²) in [6.07, 6.45) is 2.15. The van der Waals surface area contributed by atoms with Gasteiger partial charge < -0.3 is 23.5 Å². The third kappa shape index (κ3) is 7.03. The fraction of sp³-hybridized carbons (Fsp3) is 0.414. The number of amides is 1. The highest BCUT2D eigenvalue weighted by Gasteiger charge is 2.29. The van der Waals surface area contributed by atoms with E-state index in [0.29, 0.717) is 36.9 Å². The number of benzene rings is 2. The van der Waals surface area contributed by atoms with Crippen LogP contribution in [-0.4, -0.2) is 81.2 Å². The predicted molar refractivity (Wildman–Crippen MR) is 147 cm³/mol. The average Bonchev–Trinajstić information content (AvgIpc) is 3.65. The third-order valence-electron chi connectivity index (χ3n) is 7.05. The predicted octanol–water partition coefficient (Wildman–Crippen LogP) is 3.26. The maximum absolute atomic E-state index is 13.8. The number of carbonyl (C=O) groups is 1. The molecule has 0 radical (unpaired) electrons. The van der Waals surface area contributed by atoms with Gasteiger partial charge in [-0.1, -0.05) is 23.8 Å². The number of hydrogen-bond acceptors (Lipinski definition) is 8. The molecule has 2 aliphatic rings. The first kappa shape index (κ1) is 28.2. The monoisotopic (exact) mass is 569 g/mol. The van der Waals surface area contributed by atoms with Gasteiger partial charge >= 0.3 is 0 Å². The molecule has 1 amide bonds. The Balaban J connectivity index is 1.35. The van der Waals surface area contributed by atoms with Gasteiger partial charge in [-0.25, -0.2) is 8.42 Å². The van der Waals surface area contributed by atoms with E-state index in [2.05, 4.69) is 4.90 Å². The van der Waals surface area contributed by atoms with E-state index in [1.807, 2.05) is 25.1 Å². The van der Waals surface area contributed by atoms with Crippen LogP contribution in [0.25, 0.3) is 0 Å². The molecule has 214 valence electrons. The number of fused-ring (bicyclic) bond motifs is 1. The van der Waals surface area contributed by atoms with Gasteiger partial charge in [-0.15, -0.1) is 0 Å². The van der Waals surface area contributed by atoms with Gasteiger partial charge in [0, 0.05) is 26.2 Å². The van der Waals surface area contributed by atoms with E-state index in [-0.39, 0.29) is 43.8 Å². The number of ether oxygens (including phenoxy) is 3. The summed E-state index contributed by atoms with van der Waals surface area (Å²) in [4.78, 5) is 17.8. The molecule has 2 aromatic carbocycles. The van der Waals surface area contributed by atoms with Crippen molar-refractivity contribution in [3.8, 4) is 11.5 Å². The molecule has 5 rings (SSSR count). The zero-order valence-electron chi connectivity index (χ0n) is 22.7. The topological polar surface area (TPSA) is 102 Å². The molecule has 3 heterocycles. The lowest BCUT2D eigenvalue weighted by atomic mass is 10.2. The fourth-order valence-electron chi connectivity index (χ4n) is 4.77. The van der Waals surface area contributed by atoms with Crippen LogP contribution < -0.4 is 9.47 Å². The van der Waals surface area contributed by atoms with Crippen molar-refractivity contribution in [1.29, 1.82) is 0 Å².